The lowest BCUT2D eigenvalue weighted by atomic mass is 10.1. The maximum Gasteiger partial charge on any atom is 0.137 e. The zero-order chi connectivity index (χ0) is 13.4. The fourth-order valence-electron chi connectivity index (χ4n) is 2.00. The highest BCUT2D eigenvalue weighted by Crippen LogP contribution is 2.22. The van der Waals surface area contributed by atoms with E-state index < -0.39 is 0 Å². The molecule has 0 bridgehead atoms. The van der Waals surface area contributed by atoms with Crippen molar-refractivity contribution in [2.75, 3.05) is 5.23 Å². The molecule has 96 valence electrons. The summed E-state index contributed by atoms with van der Waals surface area (Å²) in [6.07, 6.45) is 3.94. The fourth-order valence-corrected chi connectivity index (χ4v) is 2.00. The van der Waals surface area contributed by atoms with Crippen molar-refractivity contribution >= 4 is 11.3 Å². The Balaban J connectivity index is 2.03. The third kappa shape index (κ3) is 2.16. The van der Waals surface area contributed by atoms with Crippen molar-refractivity contribution in [3.8, 4) is 11.3 Å². The second kappa shape index (κ2) is 4.38. The molecule has 3 aromatic rings. The summed E-state index contributed by atoms with van der Waals surface area (Å²) in [5, 5.41) is 19.4. The Labute approximate surface area is 109 Å². The van der Waals surface area contributed by atoms with Crippen LogP contribution in [-0.2, 0) is 0 Å². The summed E-state index contributed by atoms with van der Waals surface area (Å²) in [4.78, 5) is 4.51. The van der Waals surface area contributed by atoms with Crippen LogP contribution in [0.3, 0.4) is 0 Å². The number of imidazole rings is 1. The summed E-state index contributed by atoms with van der Waals surface area (Å²) in [5.41, 5.74) is 3.95. The van der Waals surface area contributed by atoms with E-state index in [2.05, 4.69) is 4.98 Å². The summed E-state index contributed by atoms with van der Waals surface area (Å²) in [6.45, 7) is 2.03. The quantitative estimate of drug-likeness (QED) is 0.714. The lowest BCUT2D eigenvalue weighted by molar-refractivity contribution is 0.296. The van der Waals surface area contributed by atoms with E-state index in [1.165, 1.54) is 0 Å². The van der Waals surface area contributed by atoms with E-state index in [-0.39, 0.29) is 10.9 Å². The van der Waals surface area contributed by atoms with Gasteiger partial charge in [-0.15, -0.1) is 0 Å². The summed E-state index contributed by atoms with van der Waals surface area (Å²) in [6, 6.07) is 10.6. The third-order valence-corrected chi connectivity index (χ3v) is 2.98. The number of benzene rings is 1. The van der Waals surface area contributed by atoms with Crippen molar-refractivity contribution in [2.45, 2.75) is 6.92 Å². The van der Waals surface area contributed by atoms with E-state index in [0.29, 0.717) is 0 Å². The smallest absolute Gasteiger partial charge is 0.137 e. The van der Waals surface area contributed by atoms with Gasteiger partial charge < -0.3 is 14.8 Å². The molecule has 1 N–H and O–H groups in total. The van der Waals surface area contributed by atoms with Gasteiger partial charge in [-0.2, -0.15) is 0 Å². The Bertz CT molecular complexity index is 717. The molecular weight excluding hydrogens is 242 g/mol. The molecule has 2 aromatic heterocycles. The summed E-state index contributed by atoms with van der Waals surface area (Å²) < 4.78 is 1.96. The number of pyridine rings is 1. The lowest BCUT2D eigenvalue weighted by Crippen LogP contribution is -2.06. The highest BCUT2D eigenvalue weighted by atomic mass is 16.8. The van der Waals surface area contributed by atoms with Gasteiger partial charge in [0.15, 0.2) is 0 Å². The molecule has 0 amide bonds. The highest BCUT2D eigenvalue weighted by molar-refractivity contribution is 5.65. The Hall–Kier alpha value is -2.37. The Morgan fingerprint density at radius 1 is 1.11 bits per heavy atom. The topological polar surface area (TPSA) is 63.8 Å². The van der Waals surface area contributed by atoms with Crippen LogP contribution in [0.4, 0.5) is 5.69 Å². The van der Waals surface area contributed by atoms with E-state index in [4.69, 9.17) is 5.21 Å². The number of anilines is 1. The van der Waals surface area contributed by atoms with Crippen LogP contribution in [-0.4, -0.2) is 14.6 Å². The Morgan fingerprint density at radius 3 is 2.53 bits per heavy atom. The molecule has 0 saturated carbocycles. The Kier molecular flexibility index (Phi) is 2.70. The summed E-state index contributed by atoms with van der Waals surface area (Å²) >= 11 is 0. The van der Waals surface area contributed by atoms with Crippen LogP contribution >= 0.6 is 0 Å². The fraction of sp³-hybridized carbons (Fsp3) is 0.0714. The second-order valence-electron chi connectivity index (χ2n) is 4.42. The van der Waals surface area contributed by atoms with Crippen LogP contribution in [0.25, 0.3) is 16.9 Å². The van der Waals surface area contributed by atoms with Gasteiger partial charge in [0, 0.05) is 18.0 Å². The molecule has 5 nitrogen and oxygen atoms in total. The van der Waals surface area contributed by atoms with Gasteiger partial charge in [-0.25, -0.2) is 4.98 Å². The first kappa shape index (κ1) is 11.7. The number of aromatic nitrogens is 2. The lowest BCUT2D eigenvalue weighted by Gasteiger charge is -2.21. The van der Waals surface area contributed by atoms with Gasteiger partial charge in [0.05, 0.1) is 11.4 Å². The van der Waals surface area contributed by atoms with Crippen LogP contribution < -0.4 is 5.23 Å². The van der Waals surface area contributed by atoms with E-state index in [1.807, 2.05) is 35.9 Å². The van der Waals surface area contributed by atoms with Gasteiger partial charge >= 0.3 is 0 Å². The van der Waals surface area contributed by atoms with Crippen LogP contribution in [0.1, 0.15) is 5.56 Å². The molecule has 19 heavy (non-hydrogen) atoms. The number of nitrogens with zero attached hydrogens (tertiary/aromatic N) is 3. The van der Waals surface area contributed by atoms with Crippen molar-refractivity contribution in [1.82, 2.24) is 9.38 Å². The number of hydrogen-bond donors (Lipinski definition) is 1. The molecule has 3 rings (SSSR count). The number of fused-ring (bicyclic) bond motifs is 1. The predicted octanol–water partition coefficient (Wildman–Crippen LogP) is 3.00. The van der Waals surface area contributed by atoms with Crippen LogP contribution in [0, 0.1) is 12.1 Å². The molecular formula is C14H12N3O2-. The molecule has 0 radical (unpaired) electrons. The molecule has 0 spiro atoms. The van der Waals surface area contributed by atoms with Gasteiger partial charge in [-0.1, -0.05) is 18.2 Å². The zero-order valence-electron chi connectivity index (χ0n) is 10.3. The maximum absolute atomic E-state index is 10.7. The average molecular weight is 254 g/mol. The van der Waals surface area contributed by atoms with E-state index in [1.54, 1.807) is 24.3 Å². The van der Waals surface area contributed by atoms with Gasteiger partial charge in [0.2, 0.25) is 0 Å². The van der Waals surface area contributed by atoms with Crippen molar-refractivity contribution < 1.29 is 5.21 Å². The number of hydrogen-bond acceptors (Lipinski definition) is 4. The largest absolute Gasteiger partial charge is 0.733 e. The molecule has 5 heteroatoms. The van der Waals surface area contributed by atoms with Crippen molar-refractivity contribution in [3.05, 3.63) is 59.6 Å². The predicted molar refractivity (Wildman–Crippen MR) is 73.0 cm³/mol. The first-order valence-corrected chi connectivity index (χ1v) is 5.85. The van der Waals surface area contributed by atoms with Gasteiger partial charge in [0.1, 0.15) is 5.65 Å². The first-order valence-electron chi connectivity index (χ1n) is 5.85. The minimum absolute atomic E-state index is 0.156. The molecule has 1 aromatic carbocycles. The molecule has 2 heterocycles. The second-order valence-corrected chi connectivity index (χ2v) is 4.42. The van der Waals surface area contributed by atoms with Crippen molar-refractivity contribution in [3.63, 3.8) is 0 Å². The summed E-state index contributed by atoms with van der Waals surface area (Å²) in [7, 11) is 0. The van der Waals surface area contributed by atoms with Gasteiger partial charge in [-0.05, 0) is 30.7 Å². The molecule has 0 atom stereocenters. The molecule has 0 aliphatic carbocycles. The van der Waals surface area contributed by atoms with Crippen LogP contribution in [0.2, 0.25) is 0 Å². The standard InChI is InChI=1S/C14H12N3O2/c1-10-2-7-14-15-13(9-16(14)8-10)11-3-5-12(6-4-11)17(18)19/h2-9,18H,1H3/q-1. The third-order valence-electron chi connectivity index (χ3n) is 2.98. The normalized spacial score (nSPS) is 10.9. The van der Waals surface area contributed by atoms with Crippen molar-refractivity contribution in [2.24, 2.45) is 0 Å². The van der Waals surface area contributed by atoms with Gasteiger partial charge in [0.25, 0.3) is 0 Å². The molecule has 0 aliphatic rings. The number of aryl methyl sites for hydroxylation is 1. The highest BCUT2D eigenvalue weighted by Gasteiger charge is 2.04. The Morgan fingerprint density at radius 2 is 1.84 bits per heavy atom. The molecule has 0 aliphatic heterocycles. The molecule has 0 saturated heterocycles. The van der Waals surface area contributed by atoms with Crippen molar-refractivity contribution in [1.29, 1.82) is 0 Å². The van der Waals surface area contributed by atoms with E-state index in [9.17, 15) is 5.21 Å². The first-order chi connectivity index (χ1) is 9.13. The van der Waals surface area contributed by atoms with Gasteiger partial charge in [-0.3, -0.25) is 5.21 Å². The van der Waals surface area contributed by atoms with Crippen LogP contribution in [0.15, 0.2) is 48.8 Å². The minimum Gasteiger partial charge on any atom is -0.733 e. The van der Waals surface area contributed by atoms with E-state index in [0.717, 1.165) is 22.5 Å². The number of rotatable bonds is 2. The summed E-state index contributed by atoms with van der Waals surface area (Å²) in [5.74, 6) is 0. The molecule has 0 unspecified atom stereocenters. The minimum atomic E-state index is -0.156. The van der Waals surface area contributed by atoms with E-state index >= 15 is 0 Å². The molecule has 0 fully saturated rings. The monoisotopic (exact) mass is 254 g/mol. The zero-order valence-corrected chi connectivity index (χ0v) is 10.3. The maximum atomic E-state index is 10.7. The van der Waals surface area contributed by atoms with Crippen LogP contribution in [0.5, 0.6) is 0 Å². The SMILES string of the molecule is Cc1ccc2nc(-c3ccc(N([O-])O)cc3)cn2c1. The average Bonchev–Trinajstić information content (AvgIpc) is 2.81.